The summed E-state index contributed by atoms with van der Waals surface area (Å²) in [5.41, 5.74) is 0.172. The molecule has 1 aromatic carbocycles. The SMILES string of the molecule is CC[C@H](C)[C@H](NS(=O)(=O)c1c(C)cc([N+](=O)[O-])cc1C)C(=O)O. The Morgan fingerprint density at radius 2 is 1.83 bits per heavy atom. The van der Waals surface area contributed by atoms with E-state index in [4.69, 9.17) is 0 Å². The lowest BCUT2D eigenvalue weighted by molar-refractivity contribution is -0.385. The van der Waals surface area contributed by atoms with E-state index in [9.17, 15) is 28.4 Å². The Morgan fingerprint density at radius 3 is 2.17 bits per heavy atom. The van der Waals surface area contributed by atoms with Gasteiger partial charge in [-0.15, -0.1) is 0 Å². The van der Waals surface area contributed by atoms with Crippen LogP contribution in [0.1, 0.15) is 31.4 Å². The van der Waals surface area contributed by atoms with E-state index in [1.54, 1.807) is 13.8 Å². The number of rotatable bonds is 7. The number of nitrogens with zero attached hydrogens (tertiary/aromatic N) is 1. The smallest absolute Gasteiger partial charge is 0.322 e. The van der Waals surface area contributed by atoms with Gasteiger partial charge in [0.25, 0.3) is 5.69 Å². The first-order valence-corrected chi connectivity index (χ1v) is 8.50. The molecular weight excluding hydrogens is 324 g/mol. The van der Waals surface area contributed by atoms with Crippen molar-refractivity contribution < 1.29 is 23.2 Å². The number of benzene rings is 1. The zero-order valence-electron chi connectivity index (χ0n) is 13.4. The number of nitrogens with one attached hydrogen (secondary N) is 1. The molecule has 0 fully saturated rings. The summed E-state index contributed by atoms with van der Waals surface area (Å²) in [7, 11) is -4.12. The van der Waals surface area contributed by atoms with Crippen molar-refractivity contribution in [2.75, 3.05) is 0 Å². The molecule has 0 aliphatic rings. The third kappa shape index (κ3) is 4.26. The number of carboxylic acid groups (broad SMARTS) is 1. The highest BCUT2D eigenvalue weighted by Crippen LogP contribution is 2.26. The molecule has 1 rings (SSSR count). The molecule has 0 saturated heterocycles. The Bertz CT molecular complexity index is 706. The highest BCUT2D eigenvalue weighted by Gasteiger charge is 2.31. The molecule has 2 N–H and O–H groups in total. The lowest BCUT2D eigenvalue weighted by Crippen LogP contribution is -2.45. The molecule has 0 aromatic heterocycles. The van der Waals surface area contributed by atoms with Gasteiger partial charge in [-0.3, -0.25) is 14.9 Å². The van der Waals surface area contributed by atoms with Crippen molar-refractivity contribution in [1.29, 1.82) is 0 Å². The Kier molecular flexibility index (Phi) is 5.84. The molecule has 9 heteroatoms. The monoisotopic (exact) mass is 344 g/mol. The quantitative estimate of drug-likeness (QED) is 0.575. The number of aryl methyl sites for hydroxylation is 2. The van der Waals surface area contributed by atoms with Crippen LogP contribution in [-0.4, -0.2) is 30.5 Å². The average molecular weight is 344 g/mol. The number of carbonyl (C=O) groups is 1. The van der Waals surface area contributed by atoms with Crippen LogP contribution in [0.25, 0.3) is 0 Å². The lowest BCUT2D eigenvalue weighted by atomic mass is 10.0. The molecular formula is C14H20N2O6S. The van der Waals surface area contributed by atoms with Crippen LogP contribution in [0.15, 0.2) is 17.0 Å². The summed E-state index contributed by atoms with van der Waals surface area (Å²) in [4.78, 5) is 21.4. The number of hydrogen-bond donors (Lipinski definition) is 2. The van der Waals surface area contributed by atoms with Crippen molar-refractivity contribution in [3.63, 3.8) is 0 Å². The number of nitro benzene ring substituents is 1. The maximum Gasteiger partial charge on any atom is 0.322 e. The standard InChI is InChI=1S/C14H20N2O6S/c1-5-8(2)12(14(17)18)15-23(21,22)13-9(3)6-11(16(19)20)7-10(13)4/h6-8,12,15H,5H2,1-4H3,(H,17,18)/t8-,12-/m0/s1. The molecule has 0 aliphatic heterocycles. The average Bonchev–Trinajstić information content (AvgIpc) is 2.42. The van der Waals surface area contributed by atoms with Crippen molar-refractivity contribution in [1.82, 2.24) is 4.72 Å². The number of carboxylic acids is 1. The molecule has 0 aliphatic carbocycles. The van der Waals surface area contributed by atoms with Gasteiger partial charge in [0.1, 0.15) is 6.04 Å². The van der Waals surface area contributed by atoms with Gasteiger partial charge in [-0.2, -0.15) is 4.72 Å². The summed E-state index contributed by atoms with van der Waals surface area (Å²) in [6.45, 7) is 6.27. The number of nitro groups is 1. The fraction of sp³-hybridized carbons (Fsp3) is 0.500. The van der Waals surface area contributed by atoms with Gasteiger partial charge in [-0.05, 0) is 30.9 Å². The van der Waals surface area contributed by atoms with Crippen LogP contribution in [0.2, 0.25) is 0 Å². The van der Waals surface area contributed by atoms with E-state index in [0.29, 0.717) is 6.42 Å². The second-order valence-electron chi connectivity index (χ2n) is 5.49. The topological polar surface area (TPSA) is 127 Å². The first-order chi connectivity index (χ1) is 10.5. The van der Waals surface area contributed by atoms with E-state index in [0.717, 1.165) is 12.1 Å². The van der Waals surface area contributed by atoms with Gasteiger partial charge in [0.05, 0.1) is 9.82 Å². The molecule has 8 nitrogen and oxygen atoms in total. The van der Waals surface area contributed by atoms with Crippen LogP contribution in [-0.2, 0) is 14.8 Å². The van der Waals surface area contributed by atoms with Crippen molar-refractivity contribution in [2.45, 2.75) is 45.1 Å². The maximum absolute atomic E-state index is 12.5. The number of aliphatic carboxylic acids is 1. The van der Waals surface area contributed by atoms with E-state index in [1.165, 1.54) is 13.8 Å². The normalized spacial score (nSPS) is 14.3. The second-order valence-corrected chi connectivity index (χ2v) is 7.14. The van der Waals surface area contributed by atoms with E-state index < -0.39 is 32.9 Å². The molecule has 128 valence electrons. The van der Waals surface area contributed by atoms with Gasteiger partial charge < -0.3 is 5.11 Å². The van der Waals surface area contributed by atoms with Crippen LogP contribution in [0.3, 0.4) is 0 Å². The van der Waals surface area contributed by atoms with Crippen LogP contribution < -0.4 is 4.72 Å². The highest BCUT2D eigenvalue weighted by molar-refractivity contribution is 7.89. The Labute approximate surface area is 134 Å². The summed E-state index contributed by atoms with van der Waals surface area (Å²) in [5.74, 6) is -1.67. The summed E-state index contributed by atoms with van der Waals surface area (Å²) in [5, 5.41) is 20.0. The van der Waals surface area contributed by atoms with Gasteiger partial charge in [0.2, 0.25) is 10.0 Å². The largest absolute Gasteiger partial charge is 0.480 e. The second kappa shape index (κ2) is 7.05. The summed E-state index contributed by atoms with van der Waals surface area (Å²) < 4.78 is 27.3. The Morgan fingerprint density at radius 1 is 1.35 bits per heavy atom. The molecule has 23 heavy (non-hydrogen) atoms. The molecule has 0 heterocycles. The van der Waals surface area contributed by atoms with E-state index in [1.807, 2.05) is 0 Å². The molecule has 0 saturated carbocycles. The van der Waals surface area contributed by atoms with Gasteiger partial charge in [0.15, 0.2) is 0 Å². The zero-order valence-corrected chi connectivity index (χ0v) is 14.2. The summed E-state index contributed by atoms with van der Waals surface area (Å²) in [6, 6.07) is 1.04. The Hall–Kier alpha value is -2.00. The molecule has 0 unspecified atom stereocenters. The molecule has 1 aromatic rings. The van der Waals surface area contributed by atoms with Crippen molar-refractivity contribution in [3.8, 4) is 0 Å². The molecule has 2 atom stereocenters. The molecule has 0 amide bonds. The maximum atomic E-state index is 12.5. The fourth-order valence-corrected chi connectivity index (χ4v) is 4.08. The number of non-ortho nitro benzene ring substituents is 1. The van der Waals surface area contributed by atoms with Gasteiger partial charge in [-0.25, -0.2) is 8.42 Å². The van der Waals surface area contributed by atoms with Gasteiger partial charge >= 0.3 is 5.97 Å². The van der Waals surface area contributed by atoms with Gasteiger partial charge in [-0.1, -0.05) is 20.3 Å². The van der Waals surface area contributed by atoms with Crippen molar-refractivity contribution >= 4 is 21.7 Å². The minimum Gasteiger partial charge on any atom is -0.480 e. The van der Waals surface area contributed by atoms with Crippen LogP contribution in [0.5, 0.6) is 0 Å². The van der Waals surface area contributed by atoms with E-state index in [2.05, 4.69) is 4.72 Å². The van der Waals surface area contributed by atoms with Crippen LogP contribution in [0.4, 0.5) is 5.69 Å². The third-order valence-electron chi connectivity index (χ3n) is 3.69. The highest BCUT2D eigenvalue weighted by atomic mass is 32.2. The zero-order chi connectivity index (χ0) is 17.9. The predicted molar refractivity (Wildman–Crippen MR) is 83.8 cm³/mol. The Balaban J connectivity index is 3.33. The van der Waals surface area contributed by atoms with Crippen LogP contribution in [0, 0.1) is 29.9 Å². The van der Waals surface area contributed by atoms with Crippen molar-refractivity contribution in [3.05, 3.63) is 33.4 Å². The molecule has 0 radical (unpaired) electrons. The summed E-state index contributed by atoms with van der Waals surface area (Å²) >= 11 is 0. The van der Waals surface area contributed by atoms with Gasteiger partial charge in [0, 0.05) is 12.1 Å². The predicted octanol–water partition coefficient (Wildman–Crippen LogP) is 1.99. The van der Waals surface area contributed by atoms with Crippen molar-refractivity contribution in [2.24, 2.45) is 5.92 Å². The minimum atomic E-state index is -4.12. The molecule has 0 bridgehead atoms. The first-order valence-electron chi connectivity index (χ1n) is 7.02. The lowest BCUT2D eigenvalue weighted by Gasteiger charge is -2.21. The minimum absolute atomic E-state index is 0.127. The van der Waals surface area contributed by atoms with Crippen LogP contribution >= 0.6 is 0 Å². The van der Waals surface area contributed by atoms with E-state index in [-0.39, 0.29) is 21.7 Å². The number of hydrogen-bond acceptors (Lipinski definition) is 5. The molecule has 0 spiro atoms. The first kappa shape index (κ1) is 19.0. The fourth-order valence-electron chi connectivity index (χ4n) is 2.33. The van der Waals surface area contributed by atoms with E-state index >= 15 is 0 Å². The third-order valence-corrected chi connectivity index (χ3v) is 5.43. The summed E-state index contributed by atoms with van der Waals surface area (Å²) in [6.07, 6.45) is 0.484. The number of sulfonamides is 1.